The zero-order chi connectivity index (χ0) is 15.6. The summed E-state index contributed by atoms with van der Waals surface area (Å²) in [6, 6.07) is 11.4. The van der Waals surface area contributed by atoms with Crippen molar-refractivity contribution in [1.29, 1.82) is 0 Å². The predicted molar refractivity (Wildman–Crippen MR) is 81.5 cm³/mol. The first-order valence-corrected chi connectivity index (χ1v) is 8.46. The highest BCUT2D eigenvalue weighted by Crippen LogP contribution is 2.22. The molecule has 110 valence electrons. The van der Waals surface area contributed by atoms with Crippen molar-refractivity contribution in [3.8, 4) is 0 Å². The zero-order valence-electron chi connectivity index (χ0n) is 11.1. The highest BCUT2D eigenvalue weighted by Gasteiger charge is 2.32. The molecule has 2 rings (SSSR count). The van der Waals surface area contributed by atoms with Gasteiger partial charge in [-0.2, -0.15) is 0 Å². The van der Waals surface area contributed by atoms with Crippen LogP contribution in [0.2, 0.25) is 0 Å². The summed E-state index contributed by atoms with van der Waals surface area (Å²) in [5.41, 5.74) is 0.269. The first-order chi connectivity index (χ1) is 9.84. The Morgan fingerprint density at radius 3 is 2.24 bits per heavy atom. The van der Waals surface area contributed by atoms with Gasteiger partial charge in [-0.15, -0.1) is 0 Å². The predicted octanol–water partition coefficient (Wildman–Crippen LogP) is 3.63. The number of carbonyl (C=O) groups is 1. The molecule has 3 nitrogen and oxygen atoms in total. The Hall–Kier alpha value is -1.53. The molecule has 0 saturated heterocycles. The molecule has 0 aromatic heterocycles. The molecule has 0 saturated carbocycles. The van der Waals surface area contributed by atoms with Gasteiger partial charge >= 0.3 is 0 Å². The fraction of sp³-hybridized carbons (Fsp3) is 0.133. The summed E-state index contributed by atoms with van der Waals surface area (Å²) in [5.74, 6) is -1.42. The van der Waals surface area contributed by atoms with Gasteiger partial charge < -0.3 is 0 Å². The van der Waals surface area contributed by atoms with Crippen molar-refractivity contribution in [1.82, 2.24) is 0 Å². The molecular weight excluding hydrogens is 359 g/mol. The number of hydrogen-bond acceptors (Lipinski definition) is 3. The van der Waals surface area contributed by atoms with Gasteiger partial charge in [0.15, 0.2) is 15.6 Å². The average molecular weight is 371 g/mol. The molecule has 6 heteroatoms. The molecule has 0 spiro atoms. The number of carbonyl (C=O) groups excluding carboxylic acids is 1. The first-order valence-electron chi connectivity index (χ1n) is 6.12. The van der Waals surface area contributed by atoms with Crippen molar-refractivity contribution in [3.05, 3.63) is 64.4 Å². The summed E-state index contributed by atoms with van der Waals surface area (Å²) in [7, 11) is -4.06. The Balaban J connectivity index is 2.39. The van der Waals surface area contributed by atoms with E-state index in [1.165, 1.54) is 31.2 Å². The van der Waals surface area contributed by atoms with Gasteiger partial charge in [-0.3, -0.25) is 4.79 Å². The summed E-state index contributed by atoms with van der Waals surface area (Å²) in [6.07, 6.45) is 0. The first kappa shape index (κ1) is 15.9. The van der Waals surface area contributed by atoms with E-state index in [1.54, 1.807) is 12.1 Å². The van der Waals surface area contributed by atoms with Crippen molar-refractivity contribution >= 4 is 31.6 Å². The second-order valence-corrected chi connectivity index (χ2v) is 7.64. The van der Waals surface area contributed by atoms with Crippen LogP contribution in [0.25, 0.3) is 0 Å². The van der Waals surface area contributed by atoms with Crippen LogP contribution in [0.4, 0.5) is 4.39 Å². The van der Waals surface area contributed by atoms with Crippen LogP contribution in [0.3, 0.4) is 0 Å². The Morgan fingerprint density at radius 1 is 1.10 bits per heavy atom. The molecule has 1 unspecified atom stereocenters. The van der Waals surface area contributed by atoms with E-state index in [1.807, 2.05) is 0 Å². The van der Waals surface area contributed by atoms with Crippen LogP contribution >= 0.6 is 15.9 Å². The largest absolute Gasteiger partial charge is 0.293 e. The summed E-state index contributed by atoms with van der Waals surface area (Å²) in [5, 5.41) is -1.35. The van der Waals surface area contributed by atoms with Gasteiger partial charge in [0, 0.05) is 10.0 Å². The van der Waals surface area contributed by atoms with Crippen LogP contribution in [0.15, 0.2) is 57.9 Å². The summed E-state index contributed by atoms with van der Waals surface area (Å²) in [4.78, 5) is 11.8. The maximum Gasteiger partial charge on any atom is 0.191 e. The lowest BCUT2D eigenvalue weighted by Gasteiger charge is -2.12. The minimum atomic E-state index is -4.06. The molecular formula is C15H12BrFO3S. The van der Waals surface area contributed by atoms with E-state index in [0.29, 0.717) is 0 Å². The van der Waals surface area contributed by atoms with Crippen LogP contribution < -0.4 is 0 Å². The van der Waals surface area contributed by atoms with E-state index in [2.05, 4.69) is 15.9 Å². The second kappa shape index (κ2) is 6.07. The minimum absolute atomic E-state index is 0.269. The lowest BCUT2D eigenvalue weighted by atomic mass is 10.1. The molecule has 0 aliphatic heterocycles. The zero-order valence-corrected chi connectivity index (χ0v) is 13.5. The Morgan fingerprint density at radius 2 is 1.67 bits per heavy atom. The summed E-state index contributed by atoms with van der Waals surface area (Å²) >= 11 is 3.24. The van der Waals surface area contributed by atoms with Crippen molar-refractivity contribution in [2.24, 2.45) is 0 Å². The number of halogens is 2. The normalized spacial score (nSPS) is 12.9. The smallest absolute Gasteiger partial charge is 0.191 e. The third kappa shape index (κ3) is 3.22. The van der Waals surface area contributed by atoms with Gasteiger partial charge in [0.2, 0.25) is 0 Å². The quantitative estimate of drug-likeness (QED) is 0.772. The highest BCUT2D eigenvalue weighted by molar-refractivity contribution is 9.10. The maximum atomic E-state index is 13.7. The molecule has 0 amide bonds. The standard InChI is InChI=1S/C15H12BrFO3S/c1-10(15(18)11-6-8-12(16)9-7-11)21(19,20)14-5-3-2-4-13(14)17/h2-10H,1H3. The Kier molecular flexibility index (Phi) is 4.58. The van der Waals surface area contributed by atoms with Gasteiger partial charge in [0.25, 0.3) is 0 Å². The molecule has 0 N–H and O–H groups in total. The van der Waals surface area contributed by atoms with Crippen LogP contribution in [-0.2, 0) is 9.84 Å². The molecule has 21 heavy (non-hydrogen) atoms. The molecule has 0 aliphatic carbocycles. The van der Waals surface area contributed by atoms with E-state index in [0.717, 1.165) is 16.6 Å². The van der Waals surface area contributed by atoms with E-state index in [-0.39, 0.29) is 5.56 Å². The Labute approximate surface area is 130 Å². The van der Waals surface area contributed by atoms with Crippen LogP contribution in [0.5, 0.6) is 0 Å². The van der Waals surface area contributed by atoms with E-state index < -0.39 is 31.6 Å². The maximum absolute atomic E-state index is 13.7. The molecule has 0 radical (unpaired) electrons. The fourth-order valence-corrected chi connectivity index (χ4v) is 3.53. The lowest BCUT2D eigenvalue weighted by molar-refractivity contribution is 0.0991. The number of Topliss-reactive ketones (excluding diaryl/α,β-unsaturated/α-hetero) is 1. The minimum Gasteiger partial charge on any atom is -0.293 e. The van der Waals surface area contributed by atoms with E-state index in [9.17, 15) is 17.6 Å². The average Bonchev–Trinajstić information content (AvgIpc) is 2.46. The third-order valence-corrected chi connectivity index (χ3v) is 5.72. The summed E-state index contributed by atoms with van der Waals surface area (Å²) in [6.45, 7) is 1.27. The monoisotopic (exact) mass is 370 g/mol. The molecule has 2 aromatic carbocycles. The van der Waals surface area contributed by atoms with Crippen LogP contribution in [-0.4, -0.2) is 19.5 Å². The number of ketones is 1. The van der Waals surface area contributed by atoms with Crippen LogP contribution in [0.1, 0.15) is 17.3 Å². The lowest BCUT2D eigenvalue weighted by Crippen LogP contribution is -2.28. The summed E-state index contributed by atoms with van der Waals surface area (Å²) < 4.78 is 39.2. The van der Waals surface area contributed by atoms with E-state index in [4.69, 9.17) is 0 Å². The van der Waals surface area contributed by atoms with Gasteiger partial charge in [0.1, 0.15) is 16.0 Å². The fourth-order valence-electron chi connectivity index (χ4n) is 1.86. The third-order valence-electron chi connectivity index (χ3n) is 3.11. The molecule has 0 heterocycles. The number of hydrogen-bond donors (Lipinski definition) is 0. The van der Waals surface area contributed by atoms with Gasteiger partial charge in [-0.1, -0.05) is 40.2 Å². The van der Waals surface area contributed by atoms with Crippen molar-refractivity contribution in [2.75, 3.05) is 0 Å². The van der Waals surface area contributed by atoms with Gasteiger partial charge in [-0.05, 0) is 31.2 Å². The molecule has 1 atom stereocenters. The molecule has 2 aromatic rings. The van der Waals surface area contributed by atoms with Gasteiger partial charge in [0.05, 0.1) is 0 Å². The highest BCUT2D eigenvalue weighted by atomic mass is 79.9. The molecule has 0 bridgehead atoms. The number of sulfone groups is 1. The van der Waals surface area contributed by atoms with Crippen molar-refractivity contribution in [2.45, 2.75) is 17.1 Å². The number of benzene rings is 2. The molecule has 0 fully saturated rings. The van der Waals surface area contributed by atoms with Crippen molar-refractivity contribution in [3.63, 3.8) is 0 Å². The number of rotatable bonds is 4. The SMILES string of the molecule is CC(C(=O)c1ccc(Br)cc1)S(=O)(=O)c1ccccc1F. The van der Waals surface area contributed by atoms with E-state index >= 15 is 0 Å². The Bertz CT molecular complexity index is 770. The van der Waals surface area contributed by atoms with Crippen LogP contribution in [0, 0.1) is 5.82 Å². The molecule has 0 aliphatic rings. The van der Waals surface area contributed by atoms with Crippen molar-refractivity contribution < 1.29 is 17.6 Å². The second-order valence-electron chi connectivity index (χ2n) is 4.49. The topological polar surface area (TPSA) is 51.2 Å². The van der Waals surface area contributed by atoms with Gasteiger partial charge in [-0.25, -0.2) is 12.8 Å².